The molecule has 3 rings (SSSR count). The van der Waals surface area contributed by atoms with Crippen molar-refractivity contribution in [2.75, 3.05) is 5.75 Å². The van der Waals surface area contributed by atoms with Gasteiger partial charge in [0, 0.05) is 17.1 Å². The first-order valence-electron chi connectivity index (χ1n) is 7.78. The van der Waals surface area contributed by atoms with Crippen LogP contribution in [0.2, 0.25) is 5.02 Å². The monoisotopic (exact) mass is 376 g/mol. The van der Waals surface area contributed by atoms with Crippen molar-refractivity contribution in [1.29, 1.82) is 0 Å². The molecule has 0 saturated carbocycles. The van der Waals surface area contributed by atoms with E-state index in [4.69, 9.17) is 16.0 Å². The number of carbonyl (C=O) groups is 1. The van der Waals surface area contributed by atoms with Gasteiger partial charge in [0.25, 0.3) is 0 Å². The van der Waals surface area contributed by atoms with Crippen LogP contribution in [-0.4, -0.2) is 26.4 Å². The van der Waals surface area contributed by atoms with Gasteiger partial charge >= 0.3 is 0 Å². The molecule has 0 radical (unpaired) electrons. The van der Waals surface area contributed by atoms with Crippen LogP contribution in [0.3, 0.4) is 0 Å². The average Bonchev–Trinajstić information content (AvgIpc) is 3.27. The number of thioether (sulfide) groups is 1. The van der Waals surface area contributed by atoms with E-state index in [2.05, 4.69) is 15.5 Å². The van der Waals surface area contributed by atoms with E-state index < -0.39 is 0 Å². The van der Waals surface area contributed by atoms with E-state index in [0.29, 0.717) is 23.3 Å². The second kappa shape index (κ2) is 8.22. The molecule has 1 N–H and O–H groups in total. The molecule has 25 heavy (non-hydrogen) atoms. The third-order valence-corrected chi connectivity index (χ3v) is 4.69. The highest BCUT2D eigenvalue weighted by molar-refractivity contribution is 7.99. The first-order chi connectivity index (χ1) is 12.2. The highest BCUT2D eigenvalue weighted by Crippen LogP contribution is 2.25. The quantitative estimate of drug-likeness (QED) is 0.637. The number of rotatable bonds is 7. The molecule has 0 aliphatic rings. The van der Waals surface area contributed by atoms with Gasteiger partial charge in [-0.25, -0.2) is 0 Å². The summed E-state index contributed by atoms with van der Waals surface area (Å²) in [7, 11) is 0. The van der Waals surface area contributed by atoms with Crippen molar-refractivity contribution in [3.8, 4) is 11.4 Å². The Bertz CT molecular complexity index is 848. The van der Waals surface area contributed by atoms with E-state index in [9.17, 15) is 4.79 Å². The maximum Gasteiger partial charge on any atom is 0.230 e. The predicted octanol–water partition coefficient (Wildman–Crippen LogP) is 3.62. The van der Waals surface area contributed by atoms with Crippen molar-refractivity contribution in [2.45, 2.75) is 25.2 Å². The summed E-state index contributed by atoms with van der Waals surface area (Å²) >= 11 is 7.40. The number of aromatic nitrogens is 3. The Morgan fingerprint density at radius 2 is 2.20 bits per heavy atom. The highest BCUT2D eigenvalue weighted by atomic mass is 35.5. The molecule has 130 valence electrons. The number of amides is 1. The maximum atomic E-state index is 12.0. The molecule has 0 bridgehead atoms. The number of carbonyl (C=O) groups excluding carboxylic acids is 1. The number of nitrogens with one attached hydrogen (secondary N) is 1. The molecule has 2 heterocycles. The number of furan rings is 1. The minimum absolute atomic E-state index is 0.0867. The fraction of sp³-hybridized carbons (Fsp3) is 0.235. The summed E-state index contributed by atoms with van der Waals surface area (Å²) in [6, 6.07) is 11.1. The van der Waals surface area contributed by atoms with Gasteiger partial charge in [-0.3, -0.25) is 4.79 Å². The van der Waals surface area contributed by atoms with Crippen LogP contribution in [0.15, 0.2) is 52.2 Å². The molecular formula is C17H17ClN4O2S. The summed E-state index contributed by atoms with van der Waals surface area (Å²) in [6.07, 6.45) is 1.58. The van der Waals surface area contributed by atoms with Crippen LogP contribution < -0.4 is 5.32 Å². The van der Waals surface area contributed by atoms with Crippen molar-refractivity contribution in [2.24, 2.45) is 0 Å². The summed E-state index contributed by atoms with van der Waals surface area (Å²) in [4.78, 5) is 12.0. The summed E-state index contributed by atoms with van der Waals surface area (Å²) in [5.74, 6) is 1.63. The minimum Gasteiger partial charge on any atom is -0.467 e. The Morgan fingerprint density at radius 1 is 1.32 bits per heavy atom. The smallest absolute Gasteiger partial charge is 0.230 e. The first-order valence-corrected chi connectivity index (χ1v) is 9.14. The molecule has 3 aromatic rings. The molecule has 0 fully saturated rings. The van der Waals surface area contributed by atoms with E-state index in [1.165, 1.54) is 11.8 Å². The van der Waals surface area contributed by atoms with Crippen molar-refractivity contribution in [3.05, 3.63) is 53.4 Å². The summed E-state index contributed by atoms with van der Waals surface area (Å²) in [5.41, 5.74) is 0.899. The zero-order valence-electron chi connectivity index (χ0n) is 13.6. The van der Waals surface area contributed by atoms with E-state index in [0.717, 1.165) is 17.1 Å². The lowest BCUT2D eigenvalue weighted by Gasteiger charge is -2.07. The fourth-order valence-electron chi connectivity index (χ4n) is 2.30. The third-order valence-electron chi connectivity index (χ3n) is 3.49. The van der Waals surface area contributed by atoms with E-state index in [1.807, 2.05) is 41.8 Å². The second-order valence-corrected chi connectivity index (χ2v) is 6.58. The van der Waals surface area contributed by atoms with Gasteiger partial charge in [-0.2, -0.15) is 0 Å². The number of halogens is 1. The summed E-state index contributed by atoms with van der Waals surface area (Å²) in [6.45, 7) is 3.09. The van der Waals surface area contributed by atoms with Gasteiger partial charge in [-0.1, -0.05) is 35.5 Å². The van der Waals surface area contributed by atoms with Gasteiger partial charge in [-0.15, -0.1) is 10.2 Å². The fourth-order valence-corrected chi connectivity index (χ4v) is 3.32. The standard InChI is InChI=1S/C17H17ClN4O2S/c1-2-22-16(12-5-3-6-13(18)9-12)20-21-17(22)25-11-15(23)19-10-14-7-4-8-24-14/h3-9H,2,10-11H2,1H3,(H,19,23). The molecule has 1 amide bonds. The predicted molar refractivity (Wildman–Crippen MR) is 97.4 cm³/mol. The van der Waals surface area contributed by atoms with E-state index in [-0.39, 0.29) is 11.7 Å². The van der Waals surface area contributed by atoms with Crippen molar-refractivity contribution < 1.29 is 9.21 Å². The Labute approximate surface area is 154 Å². The van der Waals surface area contributed by atoms with Crippen molar-refractivity contribution in [3.63, 3.8) is 0 Å². The van der Waals surface area contributed by atoms with Gasteiger partial charge in [-0.05, 0) is 31.2 Å². The Morgan fingerprint density at radius 3 is 2.92 bits per heavy atom. The number of hydrogen-bond donors (Lipinski definition) is 1. The zero-order chi connectivity index (χ0) is 17.6. The van der Waals surface area contributed by atoms with Crippen LogP contribution in [0.5, 0.6) is 0 Å². The molecular weight excluding hydrogens is 360 g/mol. The molecule has 0 aliphatic heterocycles. The molecule has 0 aliphatic carbocycles. The molecule has 0 saturated heterocycles. The average molecular weight is 377 g/mol. The third kappa shape index (κ3) is 4.43. The molecule has 0 unspecified atom stereocenters. The summed E-state index contributed by atoms with van der Waals surface area (Å²) < 4.78 is 7.15. The molecule has 0 spiro atoms. The Balaban J connectivity index is 1.64. The van der Waals surface area contributed by atoms with Gasteiger partial charge in [0.15, 0.2) is 11.0 Å². The van der Waals surface area contributed by atoms with Gasteiger partial charge in [0.05, 0.1) is 18.6 Å². The normalized spacial score (nSPS) is 10.8. The van der Waals surface area contributed by atoms with Crippen LogP contribution in [0.1, 0.15) is 12.7 Å². The SMILES string of the molecule is CCn1c(SCC(=O)NCc2ccco2)nnc1-c1cccc(Cl)c1. The first kappa shape index (κ1) is 17.6. The lowest BCUT2D eigenvalue weighted by molar-refractivity contribution is -0.118. The Hall–Kier alpha value is -2.25. The van der Waals surface area contributed by atoms with Crippen LogP contribution in [-0.2, 0) is 17.9 Å². The van der Waals surface area contributed by atoms with Crippen molar-refractivity contribution in [1.82, 2.24) is 20.1 Å². The lowest BCUT2D eigenvalue weighted by Crippen LogP contribution is -2.24. The Kier molecular flexibility index (Phi) is 5.78. The van der Waals surface area contributed by atoms with Gasteiger partial charge in [0.1, 0.15) is 5.76 Å². The van der Waals surface area contributed by atoms with Crippen LogP contribution >= 0.6 is 23.4 Å². The molecule has 6 nitrogen and oxygen atoms in total. The van der Waals surface area contributed by atoms with Gasteiger partial charge < -0.3 is 14.3 Å². The van der Waals surface area contributed by atoms with Crippen LogP contribution in [0, 0.1) is 0 Å². The van der Waals surface area contributed by atoms with E-state index >= 15 is 0 Å². The molecule has 8 heteroatoms. The van der Waals surface area contributed by atoms with Crippen LogP contribution in [0.25, 0.3) is 11.4 Å². The van der Waals surface area contributed by atoms with Gasteiger partial charge in [0.2, 0.25) is 5.91 Å². The molecule has 1 aromatic carbocycles. The molecule has 0 atom stereocenters. The number of nitrogens with zero attached hydrogens (tertiary/aromatic N) is 3. The minimum atomic E-state index is -0.0867. The topological polar surface area (TPSA) is 73.0 Å². The maximum absolute atomic E-state index is 12.0. The van der Waals surface area contributed by atoms with Crippen LogP contribution in [0.4, 0.5) is 0 Å². The lowest BCUT2D eigenvalue weighted by atomic mass is 10.2. The van der Waals surface area contributed by atoms with Crippen molar-refractivity contribution >= 4 is 29.3 Å². The highest BCUT2D eigenvalue weighted by Gasteiger charge is 2.14. The summed E-state index contributed by atoms with van der Waals surface area (Å²) in [5, 5.41) is 12.6. The largest absolute Gasteiger partial charge is 0.467 e. The molecule has 2 aromatic heterocycles. The van der Waals surface area contributed by atoms with E-state index in [1.54, 1.807) is 12.3 Å². The zero-order valence-corrected chi connectivity index (χ0v) is 15.2. The number of benzene rings is 1. The second-order valence-electron chi connectivity index (χ2n) is 5.21. The number of hydrogen-bond acceptors (Lipinski definition) is 5.